The van der Waals surface area contributed by atoms with Gasteiger partial charge in [-0.25, -0.2) is 13.5 Å². The van der Waals surface area contributed by atoms with Gasteiger partial charge >= 0.3 is 0 Å². The van der Waals surface area contributed by atoms with Gasteiger partial charge in [0.1, 0.15) is 23.6 Å². The van der Waals surface area contributed by atoms with Crippen molar-refractivity contribution in [1.82, 2.24) is 29.9 Å². The maximum atomic E-state index is 14.3. The molecule has 0 spiro atoms. The topological polar surface area (TPSA) is 69.8 Å². The molecule has 31 heavy (non-hydrogen) atoms. The minimum Gasteiger partial charge on any atom is -0.493 e. The molecule has 2 aromatic heterocycles. The van der Waals surface area contributed by atoms with Gasteiger partial charge in [-0.3, -0.25) is 0 Å². The molecule has 4 aromatic rings. The maximum Gasteiger partial charge on any atom is 0.253 e. The first-order valence-electron chi connectivity index (χ1n) is 10.1. The third-order valence-electron chi connectivity index (χ3n) is 5.81. The van der Waals surface area contributed by atoms with E-state index in [9.17, 15) is 8.78 Å². The van der Waals surface area contributed by atoms with Crippen LogP contribution >= 0.6 is 0 Å². The lowest BCUT2D eigenvalue weighted by molar-refractivity contribution is 0.325. The van der Waals surface area contributed by atoms with Gasteiger partial charge in [0.25, 0.3) is 5.95 Å². The summed E-state index contributed by atoms with van der Waals surface area (Å²) < 4.78 is 36.6. The first-order chi connectivity index (χ1) is 15.2. The molecule has 0 atom stereocenters. The highest BCUT2D eigenvalue weighted by Gasteiger charge is 2.25. The Labute approximate surface area is 176 Å². The van der Waals surface area contributed by atoms with Crippen molar-refractivity contribution < 1.29 is 13.5 Å². The molecule has 0 radical (unpaired) electrons. The summed E-state index contributed by atoms with van der Waals surface area (Å²) in [7, 11) is 0. The summed E-state index contributed by atoms with van der Waals surface area (Å²) in [5.41, 5.74) is 4.08. The first-order valence-corrected chi connectivity index (χ1v) is 10.1. The van der Waals surface area contributed by atoms with Gasteiger partial charge in [0, 0.05) is 48.8 Å². The van der Waals surface area contributed by atoms with Crippen LogP contribution in [0.2, 0.25) is 0 Å². The minimum absolute atomic E-state index is 0.0991. The second kappa shape index (κ2) is 6.98. The van der Waals surface area contributed by atoms with Crippen LogP contribution in [-0.2, 0) is 6.42 Å². The minimum atomic E-state index is -0.725. The summed E-state index contributed by atoms with van der Waals surface area (Å²) in [5.74, 6) is 0.274. The lowest BCUT2D eigenvalue weighted by Gasteiger charge is -2.28. The van der Waals surface area contributed by atoms with E-state index in [2.05, 4.69) is 33.6 Å². The fourth-order valence-corrected chi connectivity index (χ4v) is 4.04. The molecule has 1 fully saturated rings. The highest BCUT2D eigenvalue weighted by atomic mass is 19.1. The van der Waals surface area contributed by atoms with Gasteiger partial charge in [-0.2, -0.15) is 19.9 Å². The van der Waals surface area contributed by atoms with E-state index >= 15 is 0 Å². The number of nitrogens with one attached hydrogen (secondary N) is 1. The monoisotopic (exact) mass is 420 g/mol. The second-order valence-electron chi connectivity index (χ2n) is 7.72. The third kappa shape index (κ3) is 3.00. The molecular formula is C22H18F2N6O. The van der Waals surface area contributed by atoms with Crippen LogP contribution in [-0.4, -0.2) is 44.2 Å². The molecule has 2 aliphatic heterocycles. The first kappa shape index (κ1) is 18.2. The van der Waals surface area contributed by atoms with E-state index in [0.29, 0.717) is 24.9 Å². The number of ether oxygens (including phenoxy) is 1. The van der Waals surface area contributed by atoms with E-state index in [4.69, 9.17) is 9.84 Å². The Kier molecular flexibility index (Phi) is 4.10. The fourth-order valence-electron chi connectivity index (χ4n) is 4.04. The Morgan fingerprint density at radius 1 is 1.10 bits per heavy atom. The predicted molar refractivity (Wildman–Crippen MR) is 109 cm³/mol. The van der Waals surface area contributed by atoms with E-state index < -0.39 is 11.6 Å². The number of rotatable bonds is 3. The maximum absolute atomic E-state index is 14.3. The highest BCUT2D eigenvalue weighted by molar-refractivity contribution is 5.71. The average Bonchev–Trinajstić information content (AvgIpc) is 3.31. The SMILES string of the molecule is Fc1ccc(-n2ncnc2-n2cc3c(n2)-c2ccc(C4CNC4)cc2OCC3)c(F)c1. The summed E-state index contributed by atoms with van der Waals surface area (Å²) in [5, 5.41) is 12.2. The molecule has 7 nitrogen and oxygen atoms in total. The number of nitrogens with zero attached hydrogens (tertiary/aromatic N) is 5. The van der Waals surface area contributed by atoms with Crippen LogP contribution in [0.4, 0.5) is 8.78 Å². The Morgan fingerprint density at radius 2 is 2.00 bits per heavy atom. The normalized spacial score (nSPS) is 15.5. The lowest BCUT2D eigenvalue weighted by Crippen LogP contribution is -2.39. The fraction of sp³-hybridized carbons (Fsp3) is 0.227. The zero-order valence-corrected chi connectivity index (χ0v) is 16.4. The zero-order chi connectivity index (χ0) is 20.9. The van der Waals surface area contributed by atoms with Crippen LogP contribution < -0.4 is 10.1 Å². The Hall–Kier alpha value is -3.59. The van der Waals surface area contributed by atoms with Gasteiger partial charge < -0.3 is 10.1 Å². The molecule has 0 amide bonds. The smallest absolute Gasteiger partial charge is 0.253 e. The molecular weight excluding hydrogens is 402 g/mol. The van der Waals surface area contributed by atoms with Gasteiger partial charge in [-0.05, 0) is 29.8 Å². The molecule has 0 aliphatic carbocycles. The van der Waals surface area contributed by atoms with Crippen molar-refractivity contribution in [3.63, 3.8) is 0 Å². The molecule has 0 saturated carbocycles. The molecule has 0 bridgehead atoms. The summed E-state index contributed by atoms with van der Waals surface area (Å²) in [6.45, 7) is 2.50. The molecule has 156 valence electrons. The van der Waals surface area contributed by atoms with Crippen molar-refractivity contribution in [3.05, 3.63) is 71.7 Å². The van der Waals surface area contributed by atoms with Gasteiger partial charge in [-0.15, -0.1) is 0 Å². The molecule has 6 rings (SSSR count). The van der Waals surface area contributed by atoms with Crippen LogP contribution in [0.25, 0.3) is 22.9 Å². The quantitative estimate of drug-likeness (QED) is 0.552. The number of aromatic nitrogens is 5. The number of hydrogen-bond donors (Lipinski definition) is 1. The van der Waals surface area contributed by atoms with E-state index in [-0.39, 0.29) is 5.69 Å². The van der Waals surface area contributed by atoms with Crippen molar-refractivity contribution >= 4 is 0 Å². The summed E-state index contributed by atoms with van der Waals surface area (Å²) in [6, 6.07) is 9.61. The van der Waals surface area contributed by atoms with E-state index in [0.717, 1.165) is 41.7 Å². The van der Waals surface area contributed by atoms with Crippen LogP contribution in [0.3, 0.4) is 0 Å². The predicted octanol–water partition coefficient (Wildman–Crippen LogP) is 3.02. The van der Waals surface area contributed by atoms with Gasteiger partial charge in [-0.1, -0.05) is 6.07 Å². The standard InChI is InChI=1S/C22H18F2N6O/c23-16-2-4-19(18(24)8-16)30-22(26-12-27-30)29-11-14-5-6-31-20-7-13(15-9-25-10-15)1-3-17(20)21(14)28-29/h1-4,7-8,11-12,15,25H,5-6,9-10H2. The second-order valence-corrected chi connectivity index (χ2v) is 7.72. The van der Waals surface area contributed by atoms with Crippen LogP contribution in [0.1, 0.15) is 17.0 Å². The van der Waals surface area contributed by atoms with Crippen molar-refractivity contribution in [2.45, 2.75) is 12.3 Å². The molecule has 9 heteroatoms. The Bertz CT molecular complexity index is 1290. The molecule has 0 unspecified atom stereocenters. The summed E-state index contributed by atoms with van der Waals surface area (Å²) in [6.07, 6.45) is 3.86. The van der Waals surface area contributed by atoms with Crippen molar-refractivity contribution in [2.24, 2.45) is 0 Å². The van der Waals surface area contributed by atoms with E-state index in [1.165, 1.54) is 28.7 Å². The van der Waals surface area contributed by atoms with Crippen molar-refractivity contribution in [2.75, 3.05) is 19.7 Å². The van der Waals surface area contributed by atoms with Crippen LogP contribution in [0.5, 0.6) is 5.75 Å². The Morgan fingerprint density at radius 3 is 2.81 bits per heavy atom. The van der Waals surface area contributed by atoms with Crippen molar-refractivity contribution in [1.29, 1.82) is 0 Å². The summed E-state index contributed by atoms with van der Waals surface area (Å²) >= 11 is 0. The molecule has 1 saturated heterocycles. The third-order valence-corrected chi connectivity index (χ3v) is 5.81. The largest absolute Gasteiger partial charge is 0.493 e. The molecule has 2 aromatic carbocycles. The molecule has 4 heterocycles. The summed E-state index contributed by atoms with van der Waals surface area (Å²) in [4.78, 5) is 4.26. The molecule has 1 N–H and O–H groups in total. The van der Waals surface area contributed by atoms with Crippen LogP contribution in [0, 0.1) is 11.6 Å². The van der Waals surface area contributed by atoms with Crippen LogP contribution in [0.15, 0.2) is 48.9 Å². The van der Waals surface area contributed by atoms with Gasteiger partial charge in [0.05, 0.1) is 12.3 Å². The number of benzene rings is 2. The van der Waals surface area contributed by atoms with Gasteiger partial charge in [0.2, 0.25) is 0 Å². The lowest BCUT2D eigenvalue weighted by atomic mass is 9.92. The zero-order valence-electron chi connectivity index (χ0n) is 16.4. The average molecular weight is 420 g/mol. The molecule has 2 aliphatic rings. The number of halogens is 2. The number of hydrogen-bond acceptors (Lipinski definition) is 5. The van der Waals surface area contributed by atoms with E-state index in [1.54, 1.807) is 4.68 Å². The van der Waals surface area contributed by atoms with Crippen molar-refractivity contribution in [3.8, 4) is 28.6 Å². The van der Waals surface area contributed by atoms with Gasteiger partial charge in [0.15, 0.2) is 5.82 Å². The highest BCUT2D eigenvalue weighted by Crippen LogP contribution is 2.37. The number of fused-ring (bicyclic) bond motifs is 3. The Balaban J connectivity index is 1.43. The van der Waals surface area contributed by atoms with E-state index in [1.807, 2.05) is 6.20 Å².